The summed E-state index contributed by atoms with van der Waals surface area (Å²) in [5.74, 6) is 0.684. The summed E-state index contributed by atoms with van der Waals surface area (Å²) in [5, 5.41) is 9.40. The van der Waals surface area contributed by atoms with E-state index in [2.05, 4.69) is 9.97 Å². The minimum Gasteiger partial charge on any atom is -0.444 e. The van der Waals surface area contributed by atoms with Crippen molar-refractivity contribution in [2.24, 2.45) is 7.05 Å². The van der Waals surface area contributed by atoms with E-state index in [1.807, 2.05) is 39.0 Å². The first-order valence-electron chi connectivity index (χ1n) is 13.2. The van der Waals surface area contributed by atoms with E-state index < -0.39 is 23.5 Å². The quantitative estimate of drug-likeness (QED) is 0.222. The van der Waals surface area contributed by atoms with Crippen LogP contribution in [-0.4, -0.2) is 54.5 Å². The molecular formula is C29H36N4O7S. The van der Waals surface area contributed by atoms with Gasteiger partial charge in [-0.05, 0) is 77.3 Å². The molecule has 0 fully saturated rings. The van der Waals surface area contributed by atoms with Crippen LogP contribution in [0.5, 0.6) is 5.75 Å². The molecule has 2 N–H and O–H groups in total. The van der Waals surface area contributed by atoms with Crippen molar-refractivity contribution in [1.82, 2.24) is 19.4 Å². The van der Waals surface area contributed by atoms with Crippen molar-refractivity contribution in [3.63, 3.8) is 0 Å². The maximum absolute atomic E-state index is 13.2. The average molecular weight is 585 g/mol. The van der Waals surface area contributed by atoms with Gasteiger partial charge in [-0.15, -0.1) is 0 Å². The fraction of sp³-hybridized carbons (Fsp3) is 0.448. The van der Waals surface area contributed by atoms with Gasteiger partial charge >= 0.3 is 17.1 Å². The minimum absolute atomic E-state index is 0.199. The highest BCUT2D eigenvalue weighted by Crippen LogP contribution is 2.32. The minimum atomic E-state index is -0.860. The second-order valence-electron chi connectivity index (χ2n) is 11.7. The number of aromatic nitrogens is 3. The lowest BCUT2D eigenvalue weighted by molar-refractivity contribution is 0.0203. The SMILES string of the molecule is Cn1c(=O)sc2c(CCN(Cc3ccc4[nH]c(CO)nc4c3)C(=O)OC(C)(C)C)ccc(OC(=O)OC(C)(C)C)c21. The summed E-state index contributed by atoms with van der Waals surface area (Å²) in [6.45, 7) is 11.0. The highest BCUT2D eigenvalue weighted by Gasteiger charge is 2.25. The number of thiazole rings is 1. The molecule has 0 unspecified atom stereocenters. The Morgan fingerprint density at radius 1 is 1.07 bits per heavy atom. The van der Waals surface area contributed by atoms with Crippen molar-refractivity contribution in [2.75, 3.05) is 6.54 Å². The van der Waals surface area contributed by atoms with E-state index in [0.29, 0.717) is 34.5 Å². The van der Waals surface area contributed by atoms with Gasteiger partial charge in [0.05, 0.1) is 15.7 Å². The van der Waals surface area contributed by atoms with Crippen molar-refractivity contribution in [3.05, 3.63) is 57.0 Å². The molecule has 11 nitrogen and oxygen atoms in total. The number of benzene rings is 2. The molecule has 12 heteroatoms. The van der Waals surface area contributed by atoms with Gasteiger partial charge in [-0.1, -0.05) is 23.5 Å². The summed E-state index contributed by atoms with van der Waals surface area (Å²) in [4.78, 5) is 47.0. The lowest BCUT2D eigenvalue weighted by Crippen LogP contribution is -2.37. The van der Waals surface area contributed by atoms with Crippen LogP contribution in [0.1, 0.15) is 58.5 Å². The van der Waals surface area contributed by atoms with Crippen LogP contribution in [0.4, 0.5) is 9.59 Å². The lowest BCUT2D eigenvalue weighted by Gasteiger charge is -2.27. The second kappa shape index (κ2) is 11.5. The molecule has 4 rings (SSSR count). The Kier molecular flexibility index (Phi) is 8.46. The molecule has 0 aliphatic carbocycles. The van der Waals surface area contributed by atoms with Crippen molar-refractivity contribution in [3.8, 4) is 5.75 Å². The normalized spacial score (nSPS) is 12.1. The zero-order chi connectivity index (χ0) is 30.1. The van der Waals surface area contributed by atoms with E-state index in [1.165, 1.54) is 4.57 Å². The van der Waals surface area contributed by atoms with E-state index in [9.17, 15) is 19.5 Å². The summed E-state index contributed by atoms with van der Waals surface area (Å²) >= 11 is 1.05. The molecule has 0 saturated carbocycles. The Bertz CT molecular complexity index is 1640. The van der Waals surface area contributed by atoms with Gasteiger partial charge in [0.1, 0.15) is 29.2 Å². The van der Waals surface area contributed by atoms with E-state index in [1.54, 1.807) is 44.9 Å². The van der Waals surface area contributed by atoms with Gasteiger partial charge in [-0.3, -0.25) is 9.36 Å². The standard InChI is InChI=1S/C29H36N4O7S/c1-28(2,3)39-25(35)33(15-17-8-10-19-20(14-17)31-22(16-34)30-19)13-12-18-9-11-21(38-27(37)40-29(4,5)6)23-24(18)41-26(36)32(23)7/h8-11,14,34H,12-13,15-16H2,1-7H3,(H,30,31). The van der Waals surface area contributed by atoms with Crippen LogP contribution >= 0.6 is 11.3 Å². The van der Waals surface area contributed by atoms with Crippen LogP contribution < -0.4 is 9.61 Å². The van der Waals surface area contributed by atoms with Crippen LogP contribution in [0.3, 0.4) is 0 Å². The number of fused-ring (bicyclic) bond motifs is 2. The number of H-pyrrole nitrogens is 1. The topological polar surface area (TPSA) is 136 Å². The maximum atomic E-state index is 13.2. The number of imidazole rings is 1. The molecule has 0 saturated heterocycles. The van der Waals surface area contributed by atoms with Gasteiger partial charge in [-0.2, -0.15) is 0 Å². The number of nitrogens with zero attached hydrogens (tertiary/aromatic N) is 3. The van der Waals surface area contributed by atoms with Crippen molar-refractivity contribution >= 4 is 44.8 Å². The Balaban J connectivity index is 1.61. The van der Waals surface area contributed by atoms with Gasteiger partial charge in [0.2, 0.25) is 0 Å². The zero-order valence-electron chi connectivity index (χ0n) is 24.4. The Morgan fingerprint density at radius 3 is 2.44 bits per heavy atom. The molecule has 0 spiro atoms. The Hall–Kier alpha value is -3.90. The Labute approximate surface area is 241 Å². The van der Waals surface area contributed by atoms with Crippen LogP contribution in [0.2, 0.25) is 0 Å². The van der Waals surface area contributed by atoms with Gasteiger partial charge in [0.25, 0.3) is 0 Å². The van der Waals surface area contributed by atoms with Gasteiger partial charge in [-0.25, -0.2) is 14.6 Å². The highest BCUT2D eigenvalue weighted by atomic mass is 32.1. The largest absolute Gasteiger partial charge is 0.514 e. The van der Waals surface area contributed by atoms with Gasteiger partial charge < -0.3 is 29.2 Å². The number of ether oxygens (including phenoxy) is 3. The lowest BCUT2D eigenvalue weighted by atomic mass is 10.1. The number of hydrogen-bond acceptors (Lipinski definition) is 9. The fourth-order valence-corrected chi connectivity index (χ4v) is 5.27. The third-order valence-corrected chi connectivity index (χ3v) is 7.09. The number of amides is 1. The first-order valence-corrected chi connectivity index (χ1v) is 14.0. The third kappa shape index (κ3) is 7.44. The summed E-state index contributed by atoms with van der Waals surface area (Å²) in [5.41, 5.74) is 2.20. The number of aromatic amines is 1. The summed E-state index contributed by atoms with van der Waals surface area (Å²) in [6.07, 6.45) is -0.916. The predicted molar refractivity (Wildman–Crippen MR) is 156 cm³/mol. The van der Waals surface area contributed by atoms with Gasteiger partial charge in [0.15, 0.2) is 5.75 Å². The molecule has 1 amide bonds. The van der Waals surface area contributed by atoms with E-state index in [-0.39, 0.29) is 23.8 Å². The first kappa shape index (κ1) is 30.1. The molecule has 0 aliphatic heterocycles. The molecule has 4 aromatic rings. The number of aryl methyl sites for hydroxylation is 1. The molecule has 0 radical (unpaired) electrons. The predicted octanol–water partition coefficient (Wildman–Crippen LogP) is 5.26. The van der Waals surface area contributed by atoms with Crippen molar-refractivity contribution in [2.45, 2.75) is 72.3 Å². The molecule has 2 aromatic heterocycles. The van der Waals surface area contributed by atoms with Crippen LogP contribution in [-0.2, 0) is 36.1 Å². The molecule has 220 valence electrons. The number of nitrogens with one attached hydrogen (secondary N) is 1. The number of carbonyl (C=O) groups is 2. The van der Waals surface area contributed by atoms with E-state index in [4.69, 9.17) is 14.2 Å². The monoisotopic (exact) mass is 584 g/mol. The Morgan fingerprint density at radius 2 is 1.78 bits per heavy atom. The summed E-state index contributed by atoms with van der Waals surface area (Å²) in [6, 6.07) is 9.04. The average Bonchev–Trinajstić information content (AvgIpc) is 3.40. The molecule has 2 aromatic carbocycles. The molecule has 0 atom stereocenters. The number of rotatable bonds is 7. The molecule has 0 bridgehead atoms. The number of aliphatic hydroxyl groups is 1. The van der Waals surface area contributed by atoms with Crippen molar-refractivity contribution < 1.29 is 28.9 Å². The number of hydrogen-bond donors (Lipinski definition) is 2. The molecule has 41 heavy (non-hydrogen) atoms. The molecule has 0 aliphatic rings. The van der Waals surface area contributed by atoms with Crippen molar-refractivity contribution in [1.29, 1.82) is 0 Å². The maximum Gasteiger partial charge on any atom is 0.514 e. The molecule has 2 heterocycles. The number of aliphatic hydroxyl groups excluding tert-OH is 1. The third-order valence-electron chi connectivity index (χ3n) is 5.98. The highest BCUT2D eigenvalue weighted by molar-refractivity contribution is 7.16. The van der Waals surface area contributed by atoms with Crippen LogP contribution in [0, 0.1) is 0 Å². The zero-order valence-corrected chi connectivity index (χ0v) is 25.2. The van der Waals surface area contributed by atoms with E-state index in [0.717, 1.165) is 28.0 Å². The fourth-order valence-electron chi connectivity index (χ4n) is 4.23. The smallest absolute Gasteiger partial charge is 0.444 e. The second-order valence-corrected chi connectivity index (χ2v) is 12.7. The summed E-state index contributed by atoms with van der Waals surface area (Å²) < 4.78 is 18.5. The van der Waals surface area contributed by atoms with E-state index >= 15 is 0 Å². The molecular weight excluding hydrogens is 548 g/mol. The number of carbonyl (C=O) groups excluding carboxylic acids is 2. The van der Waals surface area contributed by atoms with Crippen LogP contribution in [0.15, 0.2) is 35.1 Å². The van der Waals surface area contributed by atoms with Gasteiger partial charge in [0, 0.05) is 20.1 Å². The first-order chi connectivity index (χ1) is 19.1. The summed E-state index contributed by atoms with van der Waals surface area (Å²) in [7, 11) is 1.62. The van der Waals surface area contributed by atoms with Crippen LogP contribution in [0.25, 0.3) is 21.3 Å².